The van der Waals surface area contributed by atoms with Crippen LogP contribution in [0.25, 0.3) is 10.4 Å². The number of halogens is 3. The van der Waals surface area contributed by atoms with Crippen LogP contribution in [0.15, 0.2) is 30.0 Å². The van der Waals surface area contributed by atoms with Gasteiger partial charge in [0.05, 0.1) is 12.1 Å². The zero-order valence-corrected chi connectivity index (χ0v) is 9.25. The molecule has 6 heteroatoms. The zero-order chi connectivity index (χ0) is 13.9. The second-order valence-corrected chi connectivity index (χ2v) is 3.44. The Labute approximate surface area is 101 Å². The van der Waals surface area contributed by atoms with Crippen molar-refractivity contribution < 1.29 is 23.1 Å². The van der Waals surface area contributed by atoms with Crippen LogP contribution in [0.4, 0.5) is 18.9 Å². The maximum atomic E-state index is 12.4. The second kappa shape index (κ2) is 4.92. The van der Waals surface area contributed by atoms with Crippen LogP contribution in [0.5, 0.6) is 0 Å². The van der Waals surface area contributed by atoms with Gasteiger partial charge in [-0.15, -0.1) is 0 Å². The number of aliphatic hydroxyl groups excluding tert-OH is 1. The lowest BCUT2D eigenvalue weighted by Crippen LogP contribution is -2.16. The van der Waals surface area contributed by atoms with Gasteiger partial charge in [-0.05, 0) is 12.5 Å². The van der Waals surface area contributed by atoms with E-state index in [4.69, 9.17) is 11.7 Å². The van der Waals surface area contributed by atoms with E-state index in [1.165, 1.54) is 24.3 Å². The molecule has 1 aromatic rings. The summed E-state index contributed by atoms with van der Waals surface area (Å²) in [6.07, 6.45) is -4.99. The Balaban J connectivity index is 3.39. The molecule has 0 aliphatic carbocycles. The SMILES string of the molecule is [C-]#[N+]c1ccc(/C(C(C)=O)=C(\O)C(F)(F)F)cc1. The van der Waals surface area contributed by atoms with E-state index in [1.54, 1.807) is 0 Å². The average Bonchev–Trinajstić information content (AvgIpc) is 2.28. The summed E-state index contributed by atoms with van der Waals surface area (Å²) in [5.41, 5.74) is -0.656. The van der Waals surface area contributed by atoms with Crippen LogP contribution >= 0.6 is 0 Å². The van der Waals surface area contributed by atoms with E-state index in [2.05, 4.69) is 4.85 Å². The van der Waals surface area contributed by atoms with Gasteiger partial charge in [0.2, 0.25) is 5.76 Å². The first kappa shape index (κ1) is 13.8. The van der Waals surface area contributed by atoms with Gasteiger partial charge >= 0.3 is 6.18 Å². The first-order chi connectivity index (χ1) is 8.27. The van der Waals surface area contributed by atoms with Gasteiger partial charge in [0.25, 0.3) is 0 Å². The summed E-state index contributed by atoms with van der Waals surface area (Å²) in [7, 11) is 0. The number of benzene rings is 1. The lowest BCUT2D eigenvalue weighted by atomic mass is 10.0. The number of hydrogen-bond donors (Lipinski definition) is 1. The summed E-state index contributed by atoms with van der Waals surface area (Å²) >= 11 is 0. The molecule has 1 N–H and O–H groups in total. The molecule has 3 nitrogen and oxygen atoms in total. The van der Waals surface area contributed by atoms with Crippen molar-refractivity contribution in [3.63, 3.8) is 0 Å². The molecule has 0 heterocycles. The molecule has 0 unspecified atom stereocenters. The highest BCUT2D eigenvalue weighted by molar-refractivity contribution is 6.20. The molecule has 1 rings (SSSR count). The number of nitrogens with zero attached hydrogens (tertiary/aromatic N) is 1. The first-order valence-electron chi connectivity index (χ1n) is 4.76. The fraction of sp³-hybridized carbons (Fsp3) is 0.167. The van der Waals surface area contributed by atoms with Crippen molar-refractivity contribution in [2.45, 2.75) is 13.1 Å². The number of allylic oxidation sites excluding steroid dienone is 2. The first-order valence-corrected chi connectivity index (χ1v) is 4.76. The Bertz CT molecular complexity index is 536. The quantitative estimate of drug-likeness (QED) is 0.497. The number of carbonyl (C=O) groups is 1. The van der Waals surface area contributed by atoms with E-state index in [-0.39, 0.29) is 11.3 Å². The summed E-state index contributed by atoms with van der Waals surface area (Å²) in [5, 5.41) is 9.07. The minimum absolute atomic E-state index is 0.0790. The van der Waals surface area contributed by atoms with Gasteiger partial charge in [0.15, 0.2) is 11.5 Å². The summed E-state index contributed by atoms with van der Waals surface area (Å²) in [4.78, 5) is 14.3. The summed E-state index contributed by atoms with van der Waals surface area (Å²) in [5.74, 6) is -2.83. The fourth-order valence-electron chi connectivity index (χ4n) is 1.35. The Morgan fingerprint density at radius 2 is 1.78 bits per heavy atom. The van der Waals surface area contributed by atoms with E-state index in [1.807, 2.05) is 0 Å². The van der Waals surface area contributed by atoms with E-state index < -0.39 is 23.3 Å². The van der Waals surface area contributed by atoms with Gasteiger partial charge < -0.3 is 5.11 Å². The highest BCUT2D eigenvalue weighted by atomic mass is 19.4. The number of rotatable bonds is 2. The maximum absolute atomic E-state index is 12.4. The van der Waals surface area contributed by atoms with Gasteiger partial charge in [-0.25, -0.2) is 4.85 Å². The van der Waals surface area contributed by atoms with Gasteiger partial charge in [0.1, 0.15) is 0 Å². The van der Waals surface area contributed by atoms with Gasteiger partial charge in [-0.3, -0.25) is 4.79 Å². The molecule has 0 bridgehead atoms. The predicted octanol–water partition coefficient (Wildman–Crippen LogP) is 3.66. The molecule has 0 saturated heterocycles. The number of aliphatic hydroxyl groups is 1. The molecule has 0 atom stereocenters. The molecule has 0 aliphatic heterocycles. The van der Waals surface area contributed by atoms with Crippen molar-refractivity contribution in [1.82, 2.24) is 0 Å². The summed E-state index contributed by atoms with van der Waals surface area (Å²) in [6, 6.07) is 4.92. The van der Waals surface area contributed by atoms with Crippen molar-refractivity contribution in [2.75, 3.05) is 0 Å². The number of carbonyl (C=O) groups excluding carboxylic acids is 1. The van der Waals surface area contributed by atoms with Crippen LogP contribution in [-0.4, -0.2) is 17.1 Å². The topological polar surface area (TPSA) is 41.7 Å². The molecule has 1 aromatic carbocycles. The molecule has 0 saturated carbocycles. The van der Waals surface area contributed by atoms with Crippen LogP contribution in [0.2, 0.25) is 0 Å². The predicted molar refractivity (Wildman–Crippen MR) is 59.0 cm³/mol. The molecule has 0 aliphatic rings. The van der Waals surface area contributed by atoms with Crippen LogP contribution in [0.1, 0.15) is 12.5 Å². The van der Waals surface area contributed by atoms with E-state index in [0.29, 0.717) is 0 Å². The Kier molecular flexibility index (Phi) is 3.76. The lowest BCUT2D eigenvalue weighted by molar-refractivity contribution is -0.123. The Hall–Kier alpha value is -2.29. The third kappa shape index (κ3) is 2.88. The molecule has 0 aromatic heterocycles. The minimum Gasteiger partial charge on any atom is -0.504 e. The normalized spacial score (nSPS) is 12.6. The monoisotopic (exact) mass is 255 g/mol. The van der Waals surface area contributed by atoms with Crippen molar-refractivity contribution in [1.29, 1.82) is 0 Å². The van der Waals surface area contributed by atoms with Gasteiger partial charge in [-0.1, -0.05) is 24.3 Å². The second-order valence-electron chi connectivity index (χ2n) is 3.44. The molecular formula is C12H8F3NO2. The average molecular weight is 255 g/mol. The van der Waals surface area contributed by atoms with Crippen LogP contribution in [0.3, 0.4) is 0 Å². The molecular weight excluding hydrogens is 247 g/mol. The van der Waals surface area contributed by atoms with E-state index in [0.717, 1.165) is 6.92 Å². The van der Waals surface area contributed by atoms with Crippen molar-refractivity contribution in [3.8, 4) is 0 Å². The smallest absolute Gasteiger partial charge is 0.449 e. The standard InChI is InChI=1S/C12H8F3NO2/c1-7(17)10(11(18)12(13,14)15)8-3-5-9(16-2)6-4-8/h3-6,18H,1H3/b11-10-. The van der Waals surface area contributed by atoms with Crippen molar-refractivity contribution in [3.05, 3.63) is 47.0 Å². The maximum Gasteiger partial charge on any atom is 0.449 e. The highest BCUT2D eigenvalue weighted by Gasteiger charge is 2.38. The van der Waals surface area contributed by atoms with Gasteiger partial charge in [0, 0.05) is 0 Å². The van der Waals surface area contributed by atoms with E-state index in [9.17, 15) is 18.0 Å². The number of hydrogen-bond acceptors (Lipinski definition) is 2. The van der Waals surface area contributed by atoms with Crippen LogP contribution < -0.4 is 0 Å². The largest absolute Gasteiger partial charge is 0.504 e. The molecule has 0 spiro atoms. The minimum atomic E-state index is -4.99. The number of alkyl halides is 3. The fourth-order valence-corrected chi connectivity index (χ4v) is 1.35. The Morgan fingerprint density at radius 1 is 1.28 bits per heavy atom. The lowest BCUT2D eigenvalue weighted by Gasteiger charge is -2.11. The van der Waals surface area contributed by atoms with Crippen LogP contribution in [0, 0.1) is 6.57 Å². The van der Waals surface area contributed by atoms with Crippen LogP contribution in [-0.2, 0) is 4.79 Å². The summed E-state index contributed by atoms with van der Waals surface area (Å²) in [6.45, 7) is 7.64. The van der Waals surface area contributed by atoms with E-state index >= 15 is 0 Å². The molecule has 0 radical (unpaired) electrons. The molecule has 94 valence electrons. The van der Waals surface area contributed by atoms with Crippen molar-refractivity contribution in [2.24, 2.45) is 0 Å². The van der Waals surface area contributed by atoms with Crippen molar-refractivity contribution >= 4 is 17.0 Å². The Morgan fingerprint density at radius 3 is 2.11 bits per heavy atom. The molecule has 0 fully saturated rings. The number of Topliss-reactive ketones (excluding diaryl/α,β-unsaturated/α-hetero) is 1. The highest BCUT2D eigenvalue weighted by Crippen LogP contribution is 2.31. The molecule has 0 amide bonds. The third-order valence-corrected chi connectivity index (χ3v) is 2.14. The summed E-state index contributed by atoms with van der Waals surface area (Å²) < 4.78 is 37.1. The molecule has 18 heavy (non-hydrogen) atoms. The van der Waals surface area contributed by atoms with Gasteiger partial charge in [-0.2, -0.15) is 13.2 Å². The number of ketones is 1. The zero-order valence-electron chi connectivity index (χ0n) is 9.25. The third-order valence-electron chi connectivity index (χ3n) is 2.14.